The molecule has 0 bridgehead atoms. The molecular weight excluding hydrogens is 658 g/mol. The maximum atomic E-state index is 13.7. The highest BCUT2D eigenvalue weighted by Crippen LogP contribution is 2.54. The molecule has 2 saturated carbocycles. The molecule has 12 heteroatoms. The zero-order valence-electron chi connectivity index (χ0n) is 30.4. The first-order valence-electron chi connectivity index (χ1n) is 18.2. The molecule has 7 atom stereocenters. The van der Waals surface area contributed by atoms with Crippen LogP contribution in [-0.2, 0) is 14.3 Å². The molecule has 2 saturated heterocycles. The van der Waals surface area contributed by atoms with Crippen LogP contribution in [0.2, 0.25) is 0 Å². The summed E-state index contributed by atoms with van der Waals surface area (Å²) in [6, 6.07) is 11.8. The topological polar surface area (TPSA) is 146 Å². The minimum atomic E-state index is -0.677. The van der Waals surface area contributed by atoms with Gasteiger partial charge in [-0.15, -0.1) is 0 Å². The second kappa shape index (κ2) is 12.7. The van der Waals surface area contributed by atoms with Gasteiger partial charge in [-0.05, 0) is 99.1 Å². The molecule has 0 spiro atoms. The number of ether oxygens (including phenoxy) is 2. The monoisotopic (exact) mass is 703 g/mol. The average Bonchev–Trinajstić information content (AvgIpc) is 3.70. The van der Waals surface area contributed by atoms with Crippen molar-refractivity contribution in [2.75, 3.05) is 7.11 Å². The predicted molar refractivity (Wildman–Crippen MR) is 194 cm³/mol. The number of nitrogens with one attached hydrogen (secondary N) is 3. The van der Waals surface area contributed by atoms with Crippen LogP contribution in [0.5, 0.6) is 0 Å². The van der Waals surface area contributed by atoms with Crippen molar-refractivity contribution in [2.45, 2.75) is 96.1 Å². The molecule has 52 heavy (non-hydrogen) atoms. The number of fused-ring (bicyclic) bond motifs is 3. The fourth-order valence-corrected chi connectivity index (χ4v) is 8.01. The summed E-state index contributed by atoms with van der Waals surface area (Å²) in [4.78, 5) is 58.7. The standard InChI is InChI=1S/C40H45N7O5/c1-21(2)34(45-38(49)51-6)37(48)46-30-15-26(30)17-32(46)35-41-19-28(43-35)12-8-22-7-9-24-14-25(11-10-23(24)13-22)29-20-42-36(44-29)33-18-27-16-31(27)47(33)39(50)52-40(3,4)5/h7,9-11,13-14,19-21,26-27,30-34H,15-18H2,1-6H3,(H,41,43)(H,42,44)(H,45,49)/t26?,27?,30-,31?,32+,33?,34+/m1/s1. The lowest BCUT2D eigenvalue weighted by atomic mass is 10.0. The van der Waals surface area contributed by atoms with Crippen LogP contribution in [0.3, 0.4) is 0 Å². The van der Waals surface area contributed by atoms with E-state index >= 15 is 0 Å². The normalized spacial score (nSPS) is 24.9. The Morgan fingerprint density at radius 1 is 0.865 bits per heavy atom. The summed E-state index contributed by atoms with van der Waals surface area (Å²) in [5.41, 5.74) is 2.91. The molecule has 12 nitrogen and oxygen atoms in total. The summed E-state index contributed by atoms with van der Waals surface area (Å²) in [7, 11) is 1.30. The van der Waals surface area contributed by atoms with E-state index in [9.17, 15) is 14.4 Å². The van der Waals surface area contributed by atoms with Crippen molar-refractivity contribution in [3.05, 3.63) is 71.7 Å². The molecule has 2 aliphatic carbocycles. The number of methoxy groups -OCH3 is 1. The van der Waals surface area contributed by atoms with Crippen LogP contribution < -0.4 is 5.32 Å². The molecule has 0 radical (unpaired) electrons. The quantitative estimate of drug-likeness (QED) is 0.195. The van der Waals surface area contributed by atoms with Crippen LogP contribution in [-0.4, -0.2) is 78.7 Å². The number of piperidine rings is 2. The number of hydrogen-bond acceptors (Lipinski definition) is 7. The summed E-state index contributed by atoms with van der Waals surface area (Å²) >= 11 is 0. The number of amides is 3. The zero-order chi connectivity index (χ0) is 36.5. The summed E-state index contributed by atoms with van der Waals surface area (Å²) in [5, 5.41) is 4.86. The molecule has 2 aliphatic heterocycles. The Bertz CT molecular complexity index is 2120. The molecule has 3 amide bonds. The molecule has 3 N–H and O–H groups in total. The van der Waals surface area contributed by atoms with Crippen LogP contribution in [0.4, 0.5) is 9.59 Å². The van der Waals surface area contributed by atoms with Crippen LogP contribution in [0.1, 0.15) is 95.3 Å². The van der Waals surface area contributed by atoms with E-state index in [0.29, 0.717) is 23.4 Å². The molecule has 4 unspecified atom stereocenters. The lowest BCUT2D eigenvalue weighted by Gasteiger charge is -2.31. The van der Waals surface area contributed by atoms with E-state index < -0.39 is 17.7 Å². The van der Waals surface area contributed by atoms with Crippen LogP contribution in [0, 0.1) is 29.6 Å². The van der Waals surface area contributed by atoms with Crippen LogP contribution >= 0.6 is 0 Å². The number of likely N-dealkylation sites (tertiary alicyclic amines) is 2. The number of alkyl carbamates (subject to hydrolysis) is 1. The maximum absolute atomic E-state index is 13.7. The second-order valence-corrected chi connectivity index (χ2v) is 16.0. The molecule has 8 rings (SSSR count). The molecule has 4 aliphatic rings. The lowest BCUT2D eigenvalue weighted by Crippen LogP contribution is -2.52. The first-order chi connectivity index (χ1) is 24.9. The number of H-pyrrole nitrogens is 2. The highest BCUT2D eigenvalue weighted by Gasteiger charge is 2.57. The Hall–Kier alpha value is -5.31. The van der Waals surface area contributed by atoms with Crippen molar-refractivity contribution in [1.82, 2.24) is 35.1 Å². The Morgan fingerprint density at radius 3 is 2.23 bits per heavy atom. The molecule has 2 aromatic heterocycles. The molecular formula is C40H45N7O5. The van der Waals surface area contributed by atoms with Gasteiger partial charge in [0.25, 0.3) is 0 Å². The van der Waals surface area contributed by atoms with E-state index in [1.807, 2.05) is 56.7 Å². The number of benzene rings is 2. The Morgan fingerprint density at radius 2 is 1.52 bits per heavy atom. The van der Waals surface area contributed by atoms with Crippen molar-refractivity contribution < 1.29 is 23.9 Å². The van der Waals surface area contributed by atoms with Crippen molar-refractivity contribution in [3.8, 4) is 23.1 Å². The van der Waals surface area contributed by atoms with E-state index in [4.69, 9.17) is 14.5 Å². The smallest absolute Gasteiger partial charge is 0.411 e. The average molecular weight is 704 g/mol. The number of imidazole rings is 2. The van der Waals surface area contributed by atoms with Gasteiger partial charge in [0.2, 0.25) is 5.91 Å². The van der Waals surface area contributed by atoms with E-state index in [0.717, 1.165) is 59.1 Å². The minimum absolute atomic E-state index is 0.0966. The number of hydrogen-bond donors (Lipinski definition) is 3. The maximum Gasteiger partial charge on any atom is 0.411 e. The van der Waals surface area contributed by atoms with Gasteiger partial charge in [-0.1, -0.05) is 38.0 Å². The van der Waals surface area contributed by atoms with E-state index in [1.165, 1.54) is 7.11 Å². The van der Waals surface area contributed by atoms with Gasteiger partial charge >= 0.3 is 12.2 Å². The summed E-state index contributed by atoms with van der Waals surface area (Å²) in [6.07, 6.45) is 6.41. The minimum Gasteiger partial charge on any atom is -0.453 e. The lowest BCUT2D eigenvalue weighted by molar-refractivity contribution is -0.136. The first-order valence-corrected chi connectivity index (χ1v) is 18.2. The van der Waals surface area contributed by atoms with Crippen molar-refractivity contribution >= 4 is 28.9 Å². The number of nitrogens with zero attached hydrogens (tertiary/aromatic N) is 4. The van der Waals surface area contributed by atoms with Crippen molar-refractivity contribution in [1.29, 1.82) is 0 Å². The number of carbonyl (C=O) groups excluding carboxylic acids is 3. The second-order valence-electron chi connectivity index (χ2n) is 16.0. The van der Waals surface area contributed by atoms with Crippen molar-refractivity contribution in [2.24, 2.45) is 17.8 Å². The molecule has 4 fully saturated rings. The third-order valence-corrected chi connectivity index (χ3v) is 10.8. The van der Waals surface area contributed by atoms with Gasteiger partial charge in [0.1, 0.15) is 29.0 Å². The largest absolute Gasteiger partial charge is 0.453 e. The van der Waals surface area contributed by atoms with Crippen LogP contribution in [0.25, 0.3) is 22.0 Å². The van der Waals surface area contributed by atoms with Gasteiger partial charge in [-0.2, -0.15) is 0 Å². The summed E-state index contributed by atoms with van der Waals surface area (Å²) in [5.74, 6) is 8.73. The third-order valence-electron chi connectivity index (χ3n) is 10.8. The van der Waals surface area contributed by atoms with Crippen molar-refractivity contribution in [3.63, 3.8) is 0 Å². The summed E-state index contributed by atoms with van der Waals surface area (Å²) < 4.78 is 10.5. The molecule has 270 valence electrons. The fraction of sp³-hybridized carbons (Fsp3) is 0.475. The van der Waals surface area contributed by atoms with E-state index in [2.05, 4.69) is 62.4 Å². The Labute approximate surface area is 303 Å². The fourth-order valence-electron chi connectivity index (χ4n) is 8.01. The van der Waals surface area contributed by atoms with Gasteiger partial charge in [-0.25, -0.2) is 19.6 Å². The van der Waals surface area contributed by atoms with Gasteiger partial charge in [0, 0.05) is 23.2 Å². The highest BCUT2D eigenvalue weighted by molar-refractivity contribution is 5.88. The van der Waals surface area contributed by atoms with Gasteiger partial charge in [-0.3, -0.25) is 9.69 Å². The number of rotatable bonds is 6. The first kappa shape index (κ1) is 33.8. The molecule has 2 aromatic carbocycles. The Balaban J connectivity index is 0.953. The molecule has 4 heterocycles. The number of aromatic nitrogens is 4. The zero-order valence-corrected chi connectivity index (χ0v) is 30.4. The summed E-state index contributed by atoms with van der Waals surface area (Å²) in [6.45, 7) is 9.51. The predicted octanol–water partition coefficient (Wildman–Crippen LogP) is 6.47. The highest BCUT2D eigenvalue weighted by atomic mass is 16.6. The van der Waals surface area contributed by atoms with Gasteiger partial charge < -0.3 is 29.7 Å². The Kier molecular flexibility index (Phi) is 8.27. The van der Waals surface area contributed by atoms with Gasteiger partial charge in [0.05, 0.1) is 37.3 Å². The van der Waals surface area contributed by atoms with Gasteiger partial charge in [0.15, 0.2) is 0 Å². The number of aromatic amines is 2. The van der Waals surface area contributed by atoms with Crippen LogP contribution in [0.15, 0.2) is 48.8 Å². The van der Waals surface area contributed by atoms with E-state index in [-0.39, 0.29) is 42.1 Å². The van der Waals surface area contributed by atoms with E-state index in [1.54, 1.807) is 6.20 Å². The third kappa shape index (κ3) is 6.49. The number of carbonyl (C=O) groups is 3. The molecule has 4 aromatic rings. The SMILES string of the molecule is COC(=O)N[C@H](C(=O)N1[C@@H]2CC2C[C@H]1c1ncc(C#Cc2ccc3cc(-c4cnc(C5CC6CC6N5C(=O)OC(C)(C)C)[nH]4)ccc3c2)[nH]1)C(C)C.